The van der Waals surface area contributed by atoms with Gasteiger partial charge < -0.3 is 0 Å². The van der Waals surface area contributed by atoms with Crippen molar-refractivity contribution >= 4 is 22.6 Å². The summed E-state index contributed by atoms with van der Waals surface area (Å²) in [6, 6.07) is 3.68. The highest BCUT2D eigenvalue weighted by atomic mass is 127. The fraction of sp³-hybridized carbons (Fsp3) is 0.357. The zero-order valence-corrected chi connectivity index (χ0v) is 12.2. The molecule has 0 N–H and O–H groups in total. The first-order valence-electron chi connectivity index (χ1n) is 6.39. The highest BCUT2D eigenvalue weighted by Crippen LogP contribution is 2.54. The summed E-state index contributed by atoms with van der Waals surface area (Å²) in [7, 11) is 0. The summed E-state index contributed by atoms with van der Waals surface area (Å²) in [5, 5.41) is 4.47. The SMILES string of the molecule is Fc1ccc(-n2nc(I)c3c2[C@H]2CC[C@@H]3C2)c(F)c1. The quantitative estimate of drug-likeness (QED) is 0.689. The molecular weight excluding hydrogens is 361 g/mol. The van der Waals surface area contributed by atoms with Crippen LogP contribution in [0.25, 0.3) is 5.69 Å². The average Bonchev–Trinajstić information content (AvgIpc) is 3.02. The van der Waals surface area contributed by atoms with E-state index in [9.17, 15) is 8.78 Å². The summed E-state index contributed by atoms with van der Waals surface area (Å²) >= 11 is 2.22. The third kappa shape index (κ3) is 1.60. The molecule has 2 aliphatic rings. The molecule has 1 aromatic heterocycles. The smallest absolute Gasteiger partial charge is 0.151 e. The molecule has 5 heteroatoms. The van der Waals surface area contributed by atoms with Gasteiger partial charge in [-0.3, -0.25) is 0 Å². The Hall–Kier alpha value is -0.980. The van der Waals surface area contributed by atoms with E-state index in [4.69, 9.17) is 0 Å². The molecule has 2 aromatic rings. The van der Waals surface area contributed by atoms with Crippen LogP contribution in [0.2, 0.25) is 0 Å². The topological polar surface area (TPSA) is 17.8 Å². The molecule has 1 fully saturated rings. The third-order valence-electron chi connectivity index (χ3n) is 4.28. The molecule has 1 saturated carbocycles. The number of rotatable bonds is 1. The zero-order chi connectivity index (χ0) is 13.1. The molecule has 1 heterocycles. The van der Waals surface area contributed by atoms with Gasteiger partial charge in [0.05, 0.1) is 5.69 Å². The molecule has 0 aliphatic heterocycles. The van der Waals surface area contributed by atoms with Crippen LogP contribution in [-0.4, -0.2) is 9.78 Å². The summed E-state index contributed by atoms with van der Waals surface area (Å²) in [4.78, 5) is 0. The minimum atomic E-state index is -0.554. The molecule has 2 atom stereocenters. The third-order valence-corrected chi connectivity index (χ3v) is 5.08. The zero-order valence-electron chi connectivity index (χ0n) is 10.0. The van der Waals surface area contributed by atoms with Gasteiger partial charge in [0.1, 0.15) is 15.2 Å². The minimum absolute atomic E-state index is 0.355. The van der Waals surface area contributed by atoms with Crippen molar-refractivity contribution < 1.29 is 8.78 Å². The first-order chi connectivity index (χ1) is 9.15. The van der Waals surface area contributed by atoms with Gasteiger partial charge in [-0.05, 0) is 59.9 Å². The van der Waals surface area contributed by atoms with Crippen LogP contribution in [0.15, 0.2) is 18.2 Å². The maximum Gasteiger partial charge on any atom is 0.151 e. The maximum absolute atomic E-state index is 14.0. The first-order valence-corrected chi connectivity index (χ1v) is 7.46. The van der Waals surface area contributed by atoms with Crippen molar-refractivity contribution in [3.63, 3.8) is 0 Å². The monoisotopic (exact) mass is 372 g/mol. The summed E-state index contributed by atoms with van der Waals surface area (Å²) in [6.07, 6.45) is 3.53. The molecule has 98 valence electrons. The molecule has 2 aliphatic carbocycles. The maximum atomic E-state index is 14.0. The number of fused-ring (bicyclic) bond motifs is 5. The van der Waals surface area contributed by atoms with E-state index in [1.807, 2.05) is 0 Å². The molecule has 19 heavy (non-hydrogen) atoms. The van der Waals surface area contributed by atoms with Gasteiger partial charge in [0.2, 0.25) is 0 Å². The highest BCUT2D eigenvalue weighted by molar-refractivity contribution is 14.1. The first kappa shape index (κ1) is 11.8. The van der Waals surface area contributed by atoms with Gasteiger partial charge in [-0.15, -0.1) is 0 Å². The number of hydrogen-bond donors (Lipinski definition) is 0. The van der Waals surface area contributed by atoms with Gasteiger partial charge >= 0.3 is 0 Å². The van der Waals surface area contributed by atoms with Crippen LogP contribution < -0.4 is 0 Å². The van der Waals surface area contributed by atoms with Crippen LogP contribution in [0, 0.1) is 15.3 Å². The molecular formula is C14H11F2IN2. The van der Waals surface area contributed by atoms with Crippen molar-refractivity contribution in [1.82, 2.24) is 9.78 Å². The molecule has 0 spiro atoms. The number of aromatic nitrogens is 2. The summed E-state index contributed by atoms with van der Waals surface area (Å²) in [6.45, 7) is 0. The van der Waals surface area contributed by atoms with Crippen LogP contribution in [0.3, 0.4) is 0 Å². The Balaban J connectivity index is 1.94. The Morgan fingerprint density at radius 3 is 2.79 bits per heavy atom. The van der Waals surface area contributed by atoms with E-state index in [1.165, 1.54) is 24.1 Å². The highest BCUT2D eigenvalue weighted by Gasteiger charge is 2.42. The Bertz CT molecular complexity index is 680. The Morgan fingerprint density at radius 2 is 2.00 bits per heavy atom. The predicted molar refractivity (Wildman–Crippen MR) is 75.5 cm³/mol. The molecule has 2 bridgehead atoms. The standard InChI is InChI=1S/C14H11F2IN2/c15-9-3-4-11(10(16)6-9)19-13-8-2-1-7(5-8)12(13)14(17)18-19/h3-4,6-8H,1-2,5H2/t7-,8+/m1/s1. The fourth-order valence-corrected chi connectivity index (χ4v) is 4.45. The second-order valence-electron chi connectivity index (χ2n) is 5.30. The van der Waals surface area contributed by atoms with Gasteiger partial charge in [0, 0.05) is 17.5 Å². The molecule has 0 unspecified atom stereocenters. The van der Waals surface area contributed by atoms with Gasteiger partial charge in [0.15, 0.2) is 5.82 Å². The second kappa shape index (κ2) is 4.01. The molecule has 0 radical (unpaired) electrons. The van der Waals surface area contributed by atoms with Crippen LogP contribution in [0.4, 0.5) is 8.78 Å². The van der Waals surface area contributed by atoms with Gasteiger partial charge in [-0.1, -0.05) is 0 Å². The lowest BCUT2D eigenvalue weighted by Crippen LogP contribution is -2.07. The van der Waals surface area contributed by atoms with Crippen molar-refractivity contribution in [1.29, 1.82) is 0 Å². The van der Waals surface area contributed by atoms with Crippen LogP contribution >= 0.6 is 22.6 Å². The fourth-order valence-electron chi connectivity index (χ4n) is 3.51. The summed E-state index contributed by atoms with van der Waals surface area (Å²) in [5.41, 5.74) is 2.79. The van der Waals surface area contributed by atoms with Crippen molar-refractivity contribution in [2.75, 3.05) is 0 Å². The van der Waals surface area contributed by atoms with E-state index in [-0.39, 0.29) is 0 Å². The van der Waals surface area contributed by atoms with Gasteiger partial charge in [-0.2, -0.15) is 5.10 Å². The lowest BCUT2D eigenvalue weighted by atomic mass is 9.98. The van der Waals surface area contributed by atoms with E-state index in [0.717, 1.165) is 28.3 Å². The van der Waals surface area contributed by atoms with E-state index in [0.29, 0.717) is 17.5 Å². The lowest BCUT2D eigenvalue weighted by Gasteiger charge is -2.14. The molecule has 2 nitrogen and oxygen atoms in total. The largest absolute Gasteiger partial charge is 0.233 e. The summed E-state index contributed by atoms with van der Waals surface area (Å²) in [5.74, 6) is -0.0321. The minimum Gasteiger partial charge on any atom is -0.233 e. The van der Waals surface area contributed by atoms with Crippen LogP contribution in [0.5, 0.6) is 0 Å². The number of halogens is 3. The van der Waals surface area contributed by atoms with E-state index in [2.05, 4.69) is 27.7 Å². The molecule has 0 saturated heterocycles. The molecule has 1 aromatic carbocycles. The van der Waals surface area contributed by atoms with Crippen molar-refractivity contribution in [3.05, 3.63) is 44.8 Å². The van der Waals surface area contributed by atoms with E-state index < -0.39 is 11.6 Å². The van der Waals surface area contributed by atoms with Crippen LogP contribution in [-0.2, 0) is 0 Å². The predicted octanol–water partition coefficient (Wildman–Crippen LogP) is 4.12. The lowest BCUT2D eigenvalue weighted by molar-refractivity contribution is 0.566. The van der Waals surface area contributed by atoms with E-state index in [1.54, 1.807) is 4.68 Å². The van der Waals surface area contributed by atoms with Gasteiger partial charge in [0.25, 0.3) is 0 Å². The number of hydrogen-bond acceptors (Lipinski definition) is 1. The van der Waals surface area contributed by atoms with Crippen molar-refractivity contribution in [2.45, 2.75) is 31.1 Å². The number of nitrogens with zero attached hydrogens (tertiary/aromatic N) is 2. The van der Waals surface area contributed by atoms with Gasteiger partial charge in [-0.25, -0.2) is 13.5 Å². The second-order valence-corrected chi connectivity index (χ2v) is 6.33. The average molecular weight is 372 g/mol. The molecule has 4 rings (SSSR count). The Kier molecular flexibility index (Phi) is 2.49. The normalized spacial score (nSPS) is 23.9. The molecule has 0 amide bonds. The Morgan fingerprint density at radius 1 is 1.21 bits per heavy atom. The summed E-state index contributed by atoms with van der Waals surface area (Å²) < 4.78 is 29.6. The van der Waals surface area contributed by atoms with Crippen molar-refractivity contribution in [3.8, 4) is 5.69 Å². The van der Waals surface area contributed by atoms with Crippen molar-refractivity contribution in [2.24, 2.45) is 0 Å². The number of benzene rings is 1. The van der Waals surface area contributed by atoms with E-state index >= 15 is 0 Å². The van der Waals surface area contributed by atoms with Crippen LogP contribution in [0.1, 0.15) is 42.4 Å². The Labute approximate surface area is 123 Å².